The molecule has 6 heteroatoms. The van der Waals surface area contributed by atoms with Gasteiger partial charge in [0.05, 0.1) is 10.8 Å². The highest BCUT2D eigenvalue weighted by Gasteiger charge is 2.18. The molecule has 0 unspecified atom stereocenters. The Morgan fingerprint density at radius 2 is 1.90 bits per heavy atom. The molecule has 2 heterocycles. The number of esters is 1. The Bertz CT molecular complexity index is 584. The highest BCUT2D eigenvalue weighted by Crippen LogP contribution is 2.45. The third-order valence-corrected chi connectivity index (χ3v) is 5.86. The fourth-order valence-electron chi connectivity index (χ4n) is 1.81. The van der Waals surface area contributed by atoms with Crippen LogP contribution in [0.4, 0.5) is 0 Å². The Labute approximate surface area is 125 Å². The number of hydrogen-bond acceptors (Lipinski definition) is 6. The van der Waals surface area contributed by atoms with Crippen LogP contribution in [0.3, 0.4) is 0 Å². The molecule has 20 heavy (non-hydrogen) atoms. The second kappa shape index (κ2) is 6.28. The molecule has 0 atom stereocenters. The average Bonchev–Trinajstić information content (AvgIpc) is 3.03. The van der Waals surface area contributed by atoms with Crippen molar-refractivity contribution in [2.45, 2.75) is 4.58 Å². The largest absolute Gasteiger partial charge is 0.422 e. The maximum absolute atomic E-state index is 11.8. The van der Waals surface area contributed by atoms with Crippen molar-refractivity contribution >= 4 is 29.5 Å². The van der Waals surface area contributed by atoms with Gasteiger partial charge in [-0.25, -0.2) is 9.78 Å². The number of aromatic nitrogens is 2. The quantitative estimate of drug-likeness (QED) is 0.641. The standard InChI is InChI=1S/C14H12N2O2S2/c17-13(12-9-15-5-6-16-12)18-11-3-1-10(2-4-11)14-19-7-8-20-14/h1-6,9,14H,7-8H2. The number of rotatable bonds is 3. The fraction of sp³-hybridized carbons (Fsp3) is 0.214. The van der Waals surface area contributed by atoms with Crippen LogP contribution in [-0.2, 0) is 0 Å². The third kappa shape index (κ3) is 3.13. The van der Waals surface area contributed by atoms with E-state index in [2.05, 4.69) is 9.97 Å². The SMILES string of the molecule is O=C(Oc1ccc(C2SCCS2)cc1)c1cnccn1. The van der Waals surface area contributed by atoms with Crippen LogP contribution in [0, 0.1) is 0 Å². The molecule has 0 amide bonds. The van der Waals surface area contributed by atoms with E-state index in [1.54, 1.807) is 0 Å². The molecule has 1 aromatic heterocycles. The summed E-state index contributed by atoms with van der Waals surface area (Å²) in [6.07, 6.45) is 4.37. The highest BCUT2D eigenvalue weighted by molar-refractivity contribution is 8.19. The van der Waals surface area contributed by atoms with Gasteiger partial charge in [-0.05, 0) is 17.7 Å². The number of ether oxygens (including phenoxy) is 1. The maximum Gasteiger partial charge on any atom is 0.363 e. The number of thioether (sulfide) groups is 2. The normalized spacial score (nSPS) is 15.2. The van der Waals surface area contributed by atoms with Gasteiger partial charge in [-0.15, -0.1) is 23.5 Å². The van der Waals surface area contributed by atoms with Crippen LogP contribution in [0.2, 0.25) is 0 Å². The molecule has 1 aromatic carbocycles. The number of benzene rings is 1. The summed E-state index contributed by atoms with van der Waals surface area (Å²) in [4.78, 5) is 19.6. The van der Waals surface area contributed by atoms with Gasteiger partial charge in [-0.2, -0.15) is 0 Å². The van der Waals surface area contributed by atoms with E-state index in [4.69, 9.17) is 4.74 Å². The lowest BCUT2D eigenvalue weighted by Crippen LogP contribution is -2.10. The molecule has 0 bridgehead atoms. The zero-order chi connectivity index (χ0) is 13.8. The minimum absolute atomic E-state index is 0.207. The highest BCUT2D eigenvalue weighted by atomic mass is 32.2. The van der Waals surface area contributed by atoms with E-state index < -0.39 is 5.97 Å². The maximum atomic E-state index is 11.8. The first-order valence-electron chi connectivity index (χ1n) is 6.14. The van der Waals surface area contributed by atoms with Gasteiger partial charge < -0.3 is 4.74 Å². The third-order valence-electron chi connectivity index (χ3n) is 2.76. The molecule has 0 N–H and O–H groups in total. The van der Waals surface area contributed by atoms with Crippen molar-refractivity contribution in [3.63, 3.8) is 0 Å². The van der Waals surface area contributed by atoms with E-state index >= 15 is 0 Å². The number of carbonyl (C=O) groups excluding carboxylic acids is 1. The van der Waals surface area contributed by atoms with Crippen LogP contribution in [-0.4, -0.2) is 27.4 Å². The smallest absolute Gasteiger partial charge is 0.363 e. The zero-order valence-electron chi connectivity index (χ0n) is 10.6. The Morgan fingerprint density at radius 1 is 1.15 bits per heavy atom. The molecular formula is C14H12N2O2S2. The van der Waals surface area contributed by atoms with Crippen molar-refractivity contribution in [3.8, 4) is 5.75 Å². The topological polar surface area (TPSA) is 52.1 Å². The first-order valence-corrected chi connectivity index (χ1v) is 8.24. The molecule has 0 spiro atoms. The van der Waals surface area contributed by atoms with Crippen LogP contribution in [0.1, 0.15) is 20.6 Å². The Kier molecular flexibility index (Phi) is 4.22. The second-order valence-electron chi connectivity index (χ2n) is 4.12. The predicted octanol–water partition coefficient (Wildman–Crippen LogP) is 3.17. The van der Waals surface area contributed by atoms with Gasteiger partial charge in [0.25, 0.3) is 0 Å². The number of nitrogens with zero attached hydrogens (tertiary/aromatic N) is 2. The summed E-state index contributed by atoms with van der Waals surface area (Å²) >= 11 is 3.90. The van der Waals surface area contributed by atoms with Gasteiger partial charge in [0.2, 0.25) is 0 Å². The first-order chi connectivity index (χ1) is 9.83. The predicted molar refractivity (Wildman–Crippen MR) is 81.1 cm³/mol. The molecule has 1 saturated heterocycles. The molecule has 0 radical (unpaired) electrons. The molecule has 1 fully saturated rings. The number of carbonyl (C=O) groups is 1. The van der Waals surface area contributed by atoms with Gasteiger partial charge in [0.1, 0.15) is 5.75 Å². The summed E-state index contributed by atoms with van der Waals surface area (Å²) in [5, 5.41) is 0. The van der Waals surface area contributed by atoms with Gasteiger partial charge in [0.15, 0.2) is 5.69 Å². The van der Waals surface area contributed by atoms with Gasteiger partial charge in [-0.3, -0.25) is 4.98 Å². The molecular weight excluding hydrogens is 292 g/mol. The molecule has 0 saturated carbocycles. The summed E-state index contributed by atoms with van der Waals surface area (Å²) < 4.78 is 5.76. The van der Waals surface area contributed by atoms with E-state index in [1.165, 1.54) is 35.7 Å². The Balaban J connectivity index is 1.67. The fourth-order valence-corrected chi connectivity index (χ4v) is 4.67. The van der Waals surface area contributed by atoms with E-state index in [0.29, 0.717) is 10.3 Å². The van der Waals surface area contributed by atoms with Gasteiger partial charge in [-0.1, -0.05) is 12.1 Å². The summed E-state index contributed by atoms with van der Waals surface area (Å²) in [6.45, 7) is 0. The van der Waals surface area contributed by atoms with Crippen molar-refractivity contribution in [2.24, 2.45) is 0 Å². The summed E-state index contributed by atoms with van der Waals surface area (Å²) in [6, 6.07) is 7.66. The lowest BCUT2D eigenvalue weighted by molar-refractivity contribution is 0.0728. The van der Waals surface area contributed by atoms with Crippen molar-refractivity contribution in [1.29, 1.82) is 0 Å². The average molecular weight is 304 g/mol. The molecule has 102 valence electrons. The van der Waals surface area contributed by atoms with E-state index in [-0.39, 0.29) is 5.69 Å². The molecule has 2 aromatic rings. The Morgan fingerprint density at radius 3 is 2.55 bits per heavy atom. The summed E-state index contributed by atoms with van der Waals surface area (Å²) in [7, 11) is 0. The van der Waals surface area contributed by atoms with Crippen molar-refractivity contribution in [1.82, 2.24) is 9.97 Å². The van der Waals surface area contributed by atoms with Gasteiger partial charge >= 0.3 is 5.97 Å². The Hall–Kier alpha value is -1.53. The van der Waals surface area contributed by atoms with Crippen LogP contribution in [0.25, 0.3) is 0 Å². The van der Waals surface area contributed by atoms with Crippen molar-refractivity contribution < 1.29 is 9.53 Å². The van der Waals surface area contributed by atoms with E-state index in [1.807, 2.05) is 47.8 Å². The monoisotopic (exact) mass is 304 g/mol. The lowest BCUT2D eigenvalue weighted by Gasteiger charge is -2.09. The van der Waals surface area contributed by atoms with Crippen LogP contribution in [0.5, 0.6) is 5.75 Å². The molecule has 0 aliphatic carbocycles. The lowest BCUT2D eigenvalue weighted by atomic mass is 10.2. The molecule has 1 aliphatic rings. The first kappa shape index (κ1) is 13.5. The van der Waals surface area contributed by atoms with Crippen LogP contribution >= 0.6 is 23.5 Å². The van der Waals surface area contributed by atoms with Crippen LogP contribution in [0.15, 0.2) is 42.9 Å². The second-order valence-corrected chi connectivity index (χ2v) is 6.85. The zero-order valence-corrected chi connectivity index (χ0v) is 12.2. The minimum atomic E-state index is -0.490. The number of hydrogen-bond donors (Lipinski definition) is 0. The molecule has 4 nitrogen and oxygen atoms in total. The molecule has 3 rings (SSSR count). The van der Waals surface area contributed by atoms with Crippen molar-refractivity contribution in [2.75, 3.05) is 11.5 Å². The van der Waals surface area contributed by atoms with Crippen molar-refractivity contribution in [3.05, 3.63) is 54.1 Å². The van der Waals surface area contributed by atoms with Crippen LogP contribution < -0.4 is 4.74 Å². The summed E-state index contributed by atoms with van der Waals surface area (Å²) in [5.74, 6) is 2.42. The summed E-state index contributed by atoms with van der Waals surface area (Å²) in [5.41, 5.74) is 1.47. The molecule has 1 aliphatic heterocycles. The van der Waals surface area contributed by atoms with E-state index in [9.17, 15) is 4.79 Å². The van der Waals surface area contributed by atoms with Gasteiger partial charge in [0, 0.05) is 23.9 Å². The van der Waals surface area contributed by atoms with E-state index in [0.717, 1.165) is 0 Å². The minimum Gasteiger partial charge on any atom is -0.422 e.